The molecule has 0 radical (unpaired) electrons. The van der Waals surface area contributed by atoms with E-state index in [0.717, 1.165) is 60.7 Å². The van der Waals surface area contributed by atoms with E-state index in [-0.39, 0.29) is 47.6 Å². The highest BCUT2D eigenvalue weighted by molar-refractivity contribution is 6.33. The maximum absolute atomic E-state index is 13.6. The molecule has 5 aromatic rings. The molecular weight excluding hydrogens is 898 g/mol. The molecule has 4 fully saturated rings. The number of carbonyl (C=O) groups is 3. The Labute approximate surface area is 407 Å². The molecule has 4 aliphatic heterocycles. The van der Waals surface area contributed by atoms with E-state index < -0.39 is 11.8 Å². The van der Waals surface area contributed by atoms with Gasteiger partial charge in [0, 0.05) is 92.9 Å². The lowest BCUT2D eigenvalue weighted by Crippen LogP contribution is -2.53. The summed E-state index contributed by atoms with van der Waals surface area (Å²) in [6, 6.07) is 12.2. The van der Waals surface area contributed by atoms with Gasteiger partial charge >= 0.3 is 0 Å². The number of rotatable bonds is 14. The SMILES string of the molecule is CCC1(C(O)NC(C)C)CCN(c2ccc(-c3nc(-c4cnn(C5CCN(C(=O)CC6(O)CCN(c7ccc(NCC8CCC(=O)NC8=O)cc7Cl)CC6)CC5)c4)cn4ncc(C#N)c34)cn2)CC1. The van der Waals surface area contributed by atoms with Gasteiger partial charge in [0.2, 0.25) is 17.7 Å². The van der Waals surface area contributed by atoms with Crippen LogP contribution in [0.25, 0.3) is 28.0 Å². The summed E-state index contributed by atoms with van der Waals surface area (Å²) in [5.41, 5.74) is 4.13. The number of aliphatic hydroxyl groups is 2. The standard InChI is InChI=1S/C50H62ClN13O5/c1-4-49(48(68)57-32(2)3)13-19-61(20-14-49)42-9-5-33(26-54-42)45-46-35(25-52)28-56-64(46)31-40(58-45)36-29-55-63(30-36)38-11-17-62(18-12-38)44(66)24-50(69)15-21-60(22-16-50)41-8-7-37(23-39(41)51)53-27-34-6-10-43(65)59-47(34)67/h5,7-9,23,26,28-32,34,38,48,53,57,68-69H,4,6,10-22,24,27H2,1-3H3,(H,59,65,67). The third-order valence-electron chi connectivity index (χ3n) is 15.0. The highest BCUT2D eigenvalue weighted by atomic mass is 35.5. The number of halogens is 1. The zero-order chi connectivity index (χ0) is 48.5. The highest BCUT2D eigenvalue weighted by Crippen LogP contribution is 2.40. The Balaban J connectivity index is 0.788. The molecule has 8 heterocycles. The van der Waals surface area contributed by atoms with E-state index in [0.29, 0.717) is 98.7 Å². The fourth-order valence-electron chi connectivity index (χ4n) is 10.5. The van der Waals surface area contributed by atoms with Crippen molar-refractivity contribution in [3.8, 4) is 28.6 Å². The van der Waals surface area contributed by atoms with Crippen molar-refractivity contribution in [1.82, 2.24) is 44.9 Å². The van der Waals surface area contributed by atoms with Gasteiger partial charge in [-0.3, -0.25) is 29.7 Å². The molecule has 3 amide bonds. The van der Waals surface area contributed by atoms with Crippen molar-refractivity contribution in [2.45, 2.75) is 109 Å². The number of nitriles is 1. The number of anilines is 3. The number of aromatic nitrogens is 6. The number of pyridine rings is 1. The van der Waals surface area contributed by atoms with Crippen LogP contribution < -0.4 is 25.8 Å². The van der Waals surface area contributed by atoms with Gasteiger partial charge in [-0.25, -0.2) is 14.5 Å². The molecule has 4 aliphatic rings. The van der Waals surface area contributed by atoms with Gasteiger partial charge in [-0.2, -0.15) is 15.5 Å². The fraction of sp³-hybridized carbons (Fsp3) is 0.520. The van der Waals surface area contributed by atoms with Crippen LogP contribution in [0.2, 0.25) is 5.02 Å². The average molecular weight is 961 g/mol. The first-order valence-electron chi connectivity index (χ1n) is 24.3. The normalized spacial score (nSPS) is 20.3. The van der Waals surface area contributed by atoms with E-state index in [1.54, 1.807) is 23.1 Å². The number of piperidine rings is 4. The second-order valence-electron chi connectivity index (χ2n) is 19.7. The zero-order valence-electron chi connectivity index (χ0n) is 39.6. The summed E-state index contributed by atoms with van der Waals surface area (Å²) in [5.74, 6) is 0.0148. The molecule has 1 aromatic carbocycles. The number of hydrogen-bond donors (Lipinski definition) is 5. The first-order valence-corrected chi connectivity index (χ1v) is 24.7. The van der Waals surface area contributed by atoms with Crippen molar-refractivity contribution in [2.24, 2.45) is 11.3 Å². The maximum Gasteiger partial charge on any atom is 0.231 e. The number of carbonyl (C=O) groups excluding carboxylic acids is 3. The molecule has 0 bridgehead atoms. The molecular formula is C50H62ClN13O5. The van der Waals surface area contributed by atoms with Crippen LogP contribution >= 0.6 is 11.6 Å². The van der Waals surface area contributed by atoms with Gasteiger partial charge in [-0.1, -0.05) is 18.5 Å². The number of amides is 3. The first kappa shape index (κ1) is 47.9. The predicted molar refractivity (Wildman–Crippen MR) is 262 cm³/mol. The van der Waals surface area contributed by atoms with E-state index in [4.69, 9.17) is 26.7 Å². The molecule has 0 aliphatic carbocycles. The summed E-state index contributed by atoms with van der Waals surface area (Å²) in [6.07, 6.45) is 14.1. The van der Waals surface area contributed by atoms with Crippen molar-refractivity contribution >= 4 is 52.0 Å². The van der Waals surface area contributed by atoms with E-state index in [9.17, 15) is 29.9 Å². The molecule has 9 rings (SSSR count). The van der Waals surface area contributed by atoms with Gasteiger partial charge in [0.15, 0.2) is 0 Å². The molecule has 0 saturated carbocycles. The van der Waals surface area contributed by atoms with Gasteiger partial charge in [-0.15, -0.1) is 0 Å². The Hall–Kier alpha value is -6.13. The molecule has 19 heteroatoms. The van der Waals surface area contributed by atoms with Crippen LogP contribution in [0.3, 0.4) is 0 Å². The summed E-state index contributed by atoms with van der Waals surface area (Å²) in [6.45, 7) is 10.4. The predicted octanol–water partition coefficient (Wildman–Crippen LogP) is 5.54. The Kier molecular flexibility index (Phi) is 13.9. The maximum atomic E-state index is 13.6. The lowest BCUT2D eigenvalue weighted by Gasteiger charge is -2.45. The van der Waals surface area contributed by atoms with E-state index in [1.165, 1.54) is 0 Å². The number of aliphatic hydroxyl groups excluding tert-OH is 1. The number of fused-ring (bicyclic) bond motifs is 1. The van der Waals surface area contributed by atoms with Crippen molar-refractivity contribution in [3.05, 3.63) is 71.9 Å². The van der Waals surface area contributed by atoms with Crippen LogP contribution in [0.1, 0.15) is 96.6 Å². The van der Waals surface area contributed by atoms with Crippen LogP contribution in [0.15, 0.2) is 61.3 Å². The van der Waals surface area contributed by atoms with E-state index in [1.807, 2.05) is 52.3 Å². The lowest BCUT2D eigenvalue weighted by molar-refractivity contribution is -0.139. The van der Waals surface area contributed by atoms with Gasteiger partial charge < -0.3 is 30.2 Å². The summed E-state index contributed by atoms with van der Waals surface area (Å²) in [7, 11) is 0. The van der Waals surface area contributed by atoms with Gasteiger partial charge in [-0.05, 0) is 95.5 Å². The summed E-state index contributed by atoms with van der Waals surface area (Å²) >= 11 is 6.72. The summed E-state index contributed by atoms with van der Waals surface area (Å²) < 4.78 is 3.64. The molecule has 5 N–H and O–H groups in total. The second kappa shape index (κ2) is 20.1. The van der Waals surface area contributed by atoms with Crippen LogP contribution in [0.4, 0.5) is 17.2 Å². The van der Waals surface area contributed by atoms with Crippen LogP contribution in [0.5, 0.6) is 0 Å². The average Bonchev–Trinajstić information content (AvgIpc) is 4.02. The third kappa shape index (κ3) is 10.3. The number of benzene rings is 1. The Morgan fingerprint density at radius 2 is 1.71 bits per heavy atom. The Bertz CT molecular complexity index is 2710. The van der Waals surface area contributed by atoms with Crippen molar-refractivity contribution < 1.29 is 24.6 Å². The molecule has 2 unspecified atom stereocenters. The van der Waals surface area contributed by atoms with Gasteiger partial charge in [0.05, 0.1) is 64.7 Å². The summed E-state index contributed by atoms with van der Waals surface area (Å²) in [5, 5.41) is 51.4. The molecule has 4 saturated heterocycles. The van der Waals surface area contributed by atoms with Crippen molar-refractivity contribution in [2.75, 3.05) is 60.9 Å². The second-order valence-corrected chi connectivity index (χ2v) is 20.1. The molecule has 0 spiro atoms. The molecule has 18 nitrogen and oxygen atoms in total. The Morgan fingerprint density at radius 3 is 2.38 bits per heavy atom. The smallest absolute Gasteiger partial charge is 0.231 e. The van der Waals surface area contributed by atoms with Crippen LogP contribution in [0, 0.1) is 22.7 Å². The molecule has 2 atom stereocenters. The topological polar surface area (TPSA) is 222 Å². The van der Waals surface area contributed by atoms with Crippen LogP contribution in [-0.2, 0) is 14.4 Å². The molecule has 4 aromatic heterocycles. The minimum Gasteiger partial charge on any atom is -0.389 e. The van der Waals surface area contributed by atoms with Gasteiger partial charge in [0.1, 0.15) is 29.2 Å². The quantitative estimate of drug-likeness (QED) is 0.0682. The number of likely N-dealkylation sites (tertiary alicyclic amines) is 1. The number of nitrogens with zero attached hydrogens (tertiary/aromatic N) is 10. The van der Waals surface area contributed by atoms with Crippen molar-refractivity contribution in [1.29, 1.82) is 5.26 Å². The van der Waals surface area contributed by atoms with Gasteiger partial charge in [0.25, 0.3) is 0 Å². The monoisotopic (exact) mass is 959 g/mol. The number of imide groups is 1. The fourth-order valence-corrected chi connectivity index (χ4v) is 10.8. The Morgan fingerprint density at radius 1 is 0.957 bits per heavy atom. The van der Waals surface area contributed by atoms with E-state index in [2.05, 4.69) is 57.7 Å². The minimum absolute atomic E-state index is 0.0533. The zero-order valence-corrected chi connectivity index (χ0v) is 40.3. The lowest BCUT2D eigenvalue weighted by atomic mass is 9.74. The third-order valence-corrected chi connectivity index (χ3v) is 15.3. The highest BCUT2D eigenvalue weighted by Gasteiger charge is 2.40. The number of nitrogens with one attached hydrogen (secondary N) is 3. The largest absolute Gasteiger partial charge is 0.389 e. The molecule has 69 heavy (non-hydrogen) atoms. The van der Waals surface area contributed by atoms with Crippen molar-refractivity contribution in [3.63, 3.8) is 0 Å². The molecule has 364 valence electrons. The number of hydrogen-bond acceptors (Lipinski definition) is 14. The summed E-state index contributed by atoms with van der Waals surface area (Å²) in [4.78, 5) is 53.5. The van der Waals surface area contributed by atoms with E-state index >= 15 is 0 Å². The van der Waals surface area contributed by atoms with Crippen LogP contribution in [-0.4, -0.2) is 126 Å². The minimum atomic E-state index is -1.11. The first-order chi connectivity index (χ1) is 33.2.